The third-order valence-corrected chi connectivity index (χ3v) is 1.16. The Morgan fingerprint density at radius 3 is 3.00 bits per heavy atom. The monoisotopic (exact) mass is 138 g/mol. The van der Waals surface area contributed by atoms with Gasteiger partial charge in [0.2, 0.25) is 5.91 Å². The number of hydrogen-bond donors (Lipinski definition) is 0. The fraction of sp³-hybridized carbons (Fsp3) is 0.333. The molecule has 1 aromatic rings. The highest BCUT2D eigenvalue weighted by Gasteiger charge is 1.94. The molecular formula is C6H8N3O. The minimum absolute atomic E-state index is 0.260. The summed E-state index contributed by atoms with van der Waals surface area (Å²) in [6, 6.07) is 0. The third kappa shape index (κ3) is 1.89. The Morgan fingerprint density at radius 2 is 2.50 bits per heavy atom. The molecule has 0 fully saturated rings. The van der Waals surface area contributed by atoms with Crippen LogP contribution >= 0.6 is 0 Å². The molecule has 4 heteroatoms. The summed E-state index contributed by atoms with van der Waals surface area (Å²) in [5.41, 5.74) is 6.61. The van der Waals surface area contributed by atoms with Gasteiger partial charge in [-0.15, -0.1) is 0 Å². The van der Waals surface area contributed by atoms with Crippen LogP contribution in [-0.2, 0) is 11.3 Å². The lowest BCUT2D eigenvalue weighted by molar-refractivity contribution is -0.118. The van der Waals surface area contributed by atoms with E-state index in [1.165, 1.54) is 0 Å². The normalized spacial score (nSPS) is 9.60. The molecule has 0 aliphatic carbocycles. The zero-order valence-corrected chi connectivity index (χ0v) is 5.45. The number of rotatable bonds is 3. The third-order valence-electron chi connectivity index (χ3n) is 1.16. The molecule has 0 aliphatic heterocycles. The van der Waals surface area contributed by atoms with Gasteiger partial charge in [-0.1, -0.05) is 0 Å². The number of amides is 1. The van der Waals surface area contributed by atoms with Gasteiger partial charge in [0.1, 0.15) is 0 Å². The van der Waals surface area contributed by atoms with E-state index in [0.717, 1.165) is 0 Å². The predicted octanol–water partition coefficient (Wildman–Crippen LogP) is 0.0827. The minimum atomic E-state index is -0.534. The predicted molar refractivity (Wildman–Crippen MR) is 34.9 cm³/mol. The number of aryl methyl sites for hydroxylation is 1. The molecular weight excluding hydrogens is 130 g/mol. The van der Waals surface area contributed by atoms with Crippen molar-refractivity contribution in [2.75, 3.05) is 0 Å². The quantitative estimate of drug-likeness (QED) is 0.594. The van der Waals surface area contributed by atoms with Crippen molar-refractivity contribution in [3.63, 3.8) is 0 Å². The van der Waals surface area contributed by atoms with E-state index in [1.807, 2.05) is 0 Å². The summed E-state index contributed by atoms with van der Waals surface area (Å²) >= 11 is 0. The lowest BCUT2D eigenvalue weighted by Gasteiger charge is -1.95. The Hall–Kier alpha value is -1.32. The Morgan fingerprint density at radius 1 is 1.70 bits per heavy atom. The Balaban J connectivity index is 2.35. The minimum Gasteiger partial charge on any atom is -0.337 e. The fourth-order valence-corrected chi connectivity index (χ4v) is 0.650. The van der Waals surface area contributed by atoms with Gasteiger partial charge in [0.25, 0.3) is 0 Å². The lowest BCUT2D eigenvalue weighted by Crippen LogP contribution is -2.03. The molecule has 1 aromatic heterocycles. The maximum Gasteiger partial charge on any atom is 0.240 e. The first-order valence-corrected chi connectivity index (χ1v) is 2.99. The highest BCUT2D eigenvalue weighted by atomic mass is 16.1. The van der Waals surface area contributed by atoms with Gasteiger partial charge in [0.05, 0.1) is 6.33 Å². The molecule has 1 rings (SSSR count). The van der Waals surface area contributed by atoms with Crippen molar-refractivity contribution in [3.8, 4) is 0 Å². The van der Waals surface area contributed by atoms with E-state index in [2.05, 4.69) is 4.98 Å². The molecule has 0 saturated carbocycles. The molecule has 1 amide bonds. The van der Waals surface area contributed by atoms with Gasteiger partial charge < -0.3 is 4.57 Å². The zero-order chi connectivity index (χ0) is 7.40. The van der Waals surface area contributed by atoms with Crippen LogP contribution in [0, 0.1) is 0 Å². The van der Waals surface area contributed by atoms with Crippen molar-refractivity contribution in [1.82, 2.24) is 15.3 Å². The van der Waals surface area contributed by atoms with Crippen LogP contribution in [0.1, 0.15) is 6.42 Å². The molecule has 53 valence electrons. The molecule has 1 heterocycles. The summed E-state index contributed by atoms with van der Waals surface area (Å²) in [4.78, 5) is 14.0. The van der Waals surface area contributed by atoms with E-state index < -0.39 is 5.91 Å². The van der Waals surface area contributed by atoms with E-state index in [0.29, 0.717) is 6.54 Å². The van der Waals surface area contributed by atoms with Crippen LogP contribution in [-0.4, -0.2) is 15.5 Å². The smallest absolute Gasteiger partial charge is 0.240 e. The Kier molecular flexibility index (Phi) is 2.04. The molecule has 0 bridgehead atoms. The molecule has 1 N–H and O–H groups in total. The topological polar surface area (TPSA) is 58.7 Å². The van der Waals surface area contributed by atoms with Crippen LogP contribution in [0.25, 0.3) is 0 Å². The van der Waals surface area contributed by atoms with E-state index >= 15 is 0 Å². The molecule has 0 unspecified atom stereocenters. The highest BCUT2D eigenvalue weighted by Crippen LogP contribution is 1.88. The van der Waals surface area contributed by atoms with E-state index in [9.17, 15) is 4.79 Å². The van der Waals surface area contributed by atoms with Crippen molar-refractivity contribution in [2.45, 2.75) is 13.0 Å². The summed E-state index contributed by atoms with van der Waals surface area (Å²) < 4.78 is 1.77. The number of carbonyl (C=O) groups is 1. The molecule has 0 spiro atoms. The molecule has 1 radical (unpaired) electrons. The van der Waals surface area contributed by atoms with Gasteiger partial charge in [0, 0.05) is 25.4 Å². The maximum absolute atomic E-state index is 10.2. The van der Waals surface area contributed by atoms with Crippen LogP contribution in [0.2, 0.25) is 0 Å². The standard InChI is InChI=1S/C6H8N3O/c7-6(10)1-3-9-4-2-8-5-9/h2,4-5,7H,1,3H2. The van der Waals surface area contributed by atoms with Crippen LogP contribution in [0.3, 0.4) is 0 Å². The SMILES string of the molecule is [NH]C(=O)CCn1ccnc1. The number of hydrogen-bond acceptors (Lipinski definition) is 2. The lowest BCUT2D eigenvalue weighted by atomic mass is 10.4. The summed E-state index contributed by atoms with van der Waals surface area (Å²) in [5.74, 6) is -0.534. The molecule has 10 heavy (non-hydrogen) atoms. The number of imidazole rings is 1. The fourth-order valence-electron chi connectivity index (χ4n) is 0.650. The van der Waals surface area contributed by atoms with Crippen LogP contribution in [0.5, 0.6) is 0 Å². The van der Waals surface area contributed by atoms with E-state index in [1.54, 1.807) is 23.3 Å². The summed E-state index contributed by atoms with van der Waals surface area (Å²) in [6.07, 6.45) is 5.30. The maximum atomic E-state index is 10.2. The molecule has 4 nitrogen and oxygen atoms in total. The Labute approximate surface area is 58.7 Å². The van der Waals surface area contributed by atoms with Crippen molar-refractivity contribution in [1.29, 1.82) is 0 Å². The van der Waals surface area contributed by atoms with Gasteiger partial charge in [-0.3, -0.25) is 10.5 Å². The first kappa shape index (κ1) is 6.80. The largest absolute Gasteiger partial charge is 0.337 e. The second-order valence-corrected chi connectivity index (χ2v) is 1.97. The highest BCUT2D eigenvalue weighted by molar-refractivity contribution is 5.72. The van der Waals surface area contributed by atoms with Crippen molar-refractivity contribution in [2.24, 2.45) is 0 Å². The summed E-state index contributed by atoms with van der Waals surface area (Å²) in [5, 5.41) is 0. The first-order valence-electron chi connectivity index (χ1n) is 2.99. The van der Waals surface area contributed by atoms with Gasteiger partial charge in [-0.25, -0.2) is 4.98 Å². The van der Waals surface area contributed by atoms with E-state index in [-0.39, 0.29) is 6.42 Å². The number of carbonyl (C=O) groups excluding carboxylic acids is 1. The first-order chi connectivity index (χ1) is 4.79. The Bertz CT molecular complexity index is 205. The van der Waals surface area contributed by atoms with Crippen molar-refractivity contribution >= 4 is 5.91 Å². The van der Waals surface area contributed by atoms with Gasteiger partial charge >= 0.3 is 0 Å². The average Bonchev–Trinajstić information content (AvgIpc) is 2.34. The molecule has 0 saturated heterocycles. The summed E-state index contributed by atoms with van der Waals surface area (Å²) in [6.45, 7) is 0.558. The summed E-state index contributed by atoms with van der Waals surface area (Å²) in [7, 11) is 0. The van der Waals surface area contributed by atoms with Gasteiger partial charge in [0.15, 0.2) is 0 Å². The number of nitrogens with one attached hydrogen (secondary N) is 1. The van der Waals surface area contributed by atoms with Crippen LogP contribution in [0.4, 0.5) is 0 Å². The average molecular weight is 138 g/mol. The van der Waals surface area contributed by atoms with Crippen LogP contribution < -0.4 is 5.73 Å². The number of nitrogens with zero attached hydrogens (tertiary/aromatic N) is 2. The second kappa shape index (κ2) is 3.00. The van der Waals surface area contributed by atoms with Gasteiger partial charge in [-0.2, -0.15) is 0 Å². The zero-order valence-electron chi connectivity index (χ0n) is 5.45. The second-order valence-electron chi connectivity index (χ2n) is 1.97. The molecule has 0 aliphatic rings. The molecule has 0 atom stereocenters. The molecule has 0 aromatic carbocycles. The van der Waals surface area contributed by atoms with Crippen LogP contribution in [0.15, 0.2) is 18.7 Å². The van der Waals surface area contributed by atoms with E-state index in [4.69, 9.17) is 5.73 Å². The number of aromatic nitrogens is 2. The van der Waals surface area contributed by atoms with Crippen molar-refractivity contribution < 1.29 is 4.79 Å². The van der Waals surface area contributed by atoms with Crippen molar-refractivity contribution in [3.05, 3.63) is 18.7 Å². The van der Waals surface area contributed by atoms with Gasteiger partial charge in [-0.05, 0) is 0 Å².